The highest BCUT2D eigenvalue weighted by Crippen LogP contribution is 2.36. The van der Waals surface area contributed by atoms with Crippen molar-refractivity contribution >= 4 is 5.97 Å². The molecule has 0 aromatic rings. The van der Waals surface area contributed by atoms with Gasteiger partial charge in [-0.1, -0.05) is 0 Å². The summed E-state index contributed by atoms with van der Waals surface area (Å²) < 4.78 is 40.6. The van der Waals surface area contributed by atoms with Crippen molar-refractivity contribution in [3.63, 3.8) is 0 Å². The number of carboxylic acids is 1. The van der Waals surface area contributed by atoms with Gasteiger partial charge in [0.15, 0.2) is 0 Å². The lowest BCUT2D eigenvalue weighted by molar-refractivity contribution is -0.152. The summed E-state index contributed by atoms with van der Waals surface area (Å²) in [7, 11) is 0. The van der Waals surface area contributed by atoms with E-state index in [0.717, 1.165) is 0 Å². The van der Waals surface area contributed by atoms with Crippen LogP contribution in [0.2, 0.25) is 0 Å². The van der Waals surface area contributed by atoms with E-state index in [2.05, 4.69) is 0 Å². The average molecular weight is 226 g/mol. The maximum Gasteiger partial charge on any atom is 0.389 e. The van der Waals surface area contributed by atoms with Crippen LogP contribution >= 0.6 is 0 Å². The zero-order chi connectivity index (χ0) is 11.5. The van der Waals surface area contributed by atoms with Gasteiger partial charge in [0.25, 0.3) is 0 Å². The van der Waals surface area contributed by atoms with E-state index >= 15 is 0 Å². The van der Waals surface area contributed by atoms with Gasteiger partial charge in [0.05, 0.1) is 12.0 Å². The van der Waals surface area contributed by atoms with Crippen LogP contribution in [0.25, 0.3) is 0 Å². The van der Waals surface area contributed by atoms with E-state index in [1.165, 1.54) is 0 Å². The lowest BCUT2D eigenvalue weighted by atomic mass is 9.82. The van der Waals surface area contributed by atoms with Gasteiger partial charge in [0.2, 0.25) is 0 Å². The average Bonchev–Trinajstić information content (AvgIpc) is 2.51. The summed E-state index contributed by atoms with van der Waals surface area (Å²) in [6.07, 6.45) is -4.96. The van der Waals surface area contributed by atoms with Crippen molar-refractivity contribution in [3.8, 4) is 0 Å². The van der Waals surface area contributed by atoms with Crippen LogP contribution in [0.5, 0.6) is 0 Å². The van der Waals surface area contributed by atoms with Gasteiger partial charge >= 0.3 is 12.1 Å². The van der Waals surface area contributed by atoms with Crippen molar-refractivity contribution in [1.82, 2.24) is 0 Å². The normalized spacial score (nSPS) is 26.9. The predicted octanol–water partition coefficient (Wildman–Crippen LogP) is 2.21. The molecule has 1 heterocycles. The smallest absolute Gasteiger partial charge is 0.389 e. The molecule has 1 aliphatic rings. The van der Waals surface area contributed by atoms with Crippen molar-refractivity contribution in [2.75, 3.05) is 13.2 Å². The zero-order valence-corrected chi connectivity index (χ0v) is 8.14. The molecule has 1 atom stereocenters. The van der Waals surface area contributed by atoms with Crippen LogP contribution in [0.1, 0.15) is 25.7 Å². The van der Waals surface area contributed by atoms with Gasteiger partial charge in [-0.2, -0.15) is 13.2 Å². The molecule has 88 valence electrons. The molecule has 0 saturated carbocycles. The van der Waals surface area contributed by atoms with E-state index in [-0.39, 0.29) is 19.4 Å². The topological polar surface area (TPSA) is 46.5 Å². The Morgan fingerprint density at radius 3 is 2.53 bits per heavy atom. The molecule has 1 fully saturated rings. The zero-order valence-electron chi connectivity index (χ0n) is 8.14. The van der Waals surface area contributed by atoms with Crippen molar-refractivity contribution in [1.29, 1.82) is 0 Å². The fourth-order valence-electron chi connectivity index (χ4n) is 1.71. The first-order valence-corrected chi connectivity index (χ1v) is 4.74. The molecule has 1 unspecified atom stereocenters. The second-order valence-corrected chi connectivity index (χ2v) is 3.86. The van der Waals surface area contributed by atoms with E-state index < -0.39 is 24.0 Å². The van der Waals surface area contributed by atoms with E-state index in [4.69, 9.17) is 9.84 Å². The molecule has 6 heteroatoms. The molecule has 1 saturated heterocycles. The molecule has 0 spiro atoms. The quantitative estimate of drug-likeness (QED) is 0.799. The number of hydrogen-bond acceptors (Lipinski definition) is 2. The standard InChI is InChI=1S/C9H13F3O3/c10-9(11,12)3-1-2-8(7(13)14)4-5-15-6-8/h1-6H2,(H,13,14). The first-order chi connectivity index (χ1) is 6.86. The minimum atomic E-state index is -4.21. The summed E-state index contributed by atoms with van der Waals surface area (Å²) in [5, 5.41) is 8.93. The fourth-order valence-corrected chi connectivity index (χ4v) is 1.71. The molecule has 1 rings (SSSR count). The Balaban J connectivity index is 2.43. The minimum absolute atomic E-state index is 0.0280. The first kappa shape index (κ1) is 12.3. The largest absolute Gasteiger partial charge is 0.481 e. The molecule has 0 aliphatic carbocycles. The van der Waals surface area contributed by atoms with Crippen LogP contribution in [0.15, 0.2) is 0 Å². The molecule has 1 aliphatic heterocycles. The summed E-state index contributed by atoms with van der Waals surface area (Å²) in [5.41, 5.74) is -1.09. The SMILES string of the molecule is O=C(O)C1(CCCC(F)(F)F)CCOC1. The summed E-state index contributed by atoms with van der Waals surface area (Å²) in [5.74, 6) is -1.05. The summed E-state index contributed by atoms with van der Waals surface area (Å²) >= 11 is 0. The van der Waals surface area contributed by atoms with Crippen LogP contribution < -0.4 is 0 Å². The molecule has 0 amide bonds. The van der Waals surface area contributed by atoms with E-state index in [9.17, 15) is 18.0 Å². The van der Waals surface area contributed by atoms with Crippen LogP contribution in [0.4, 0.5) is 13.2 Å². The minimum Gasteiger partial charge on any atom is -0.481 e. The summed E-state index contributed by atoms with van der Waals surface area (Å²) in [4.78, 5) is 10.9. The highest BCUT2D eigenvalue weighted by molar-refractivity contribution is 5.75. The molecule has 0 aromatic carbocycles. The Kier molecular flexibility index (Phi) is 3.59. The van der Waals surface area contributed by atoms with Gasteiger partial charge in [-0.3, -0.25) is 4.79 Å². The Labute approximate surface area is 85.2 Å². The first-order valence-electron chi connectivity index (χ1n) is 4.74. The van der Waals surface area contributed by atoms with Crippen molar-refractivity contribution in [2.45, 2.75) is 31.9 Å². The highest BCUT2D eigenvalue weighted by Gasteiger charge is 2.42. The Morgan fingerprint density at radius 2 is 2.13 bits per heavy atom. The maximum atomic E-state index is 11.9. The van der Waals surface area contributed by atoms with Gasteiger partial charge in [-0.25, -0.2) is 0 Å². The number of rotatable bonds is 4. The maximum absolute atomic E-state index is 11.9. The number of hydrogen-bond donors (Lipinski definition) is 1. The van der Waals surface area contributed by atoms with E-state index in [1.807, 2.05) is 0 Å². The van der Waals surface area contributed by atoms with Gasteiger partial charge < -0.3 is 9.84 Å². The van der Waals surface area contributed by atoms with Crippen molar-refractivity contribution in [3.05, 3.63) is 0 Å². The van der Waals surface area contributed by atoms with Crippen molar-refractivity contribution < 1.29 is 27.8 Å². The number of halogens is 3. The molecule has 15 heavy (non-hydrogen) atoms. The van der Waals surface area contributed by atoms with Crippen LogP contribution in [-0.4, -0.2) is 30.5 Å². The molecule has 1 N–H and O–H groups in total. The van der Waals surface area contributed by atoms with Gasteiger partial charge in [0.1, 0.15) is 0 Å². The lowest BCUT2D eigenvalue weighted by Gasteiger charge is -2.21. The van der Waals surface area contributed by atoms with Crippen LogP contribution in [0.3, 0.4) is 0 Å². The second kappa shape index (κ2) is 4.38. The van der Waals surface area contributed by atoms with E-state index in [1.54, 1.807) is 0 Å². The fraction of sp³-hybridized carbons (Fsp3) is 0.889. The third kappa shape index (κ3) is 3.37. The number of alkyl halides is 3. The molecule has 0 radical (unpaired) electrons. The highest BCUT2D eigenvalue weighted by atomic mass is 19.4. The van der Waals surface area contributed by atoms with E-state index in [0.29, 0.717) is 13.0 Å². The monoisotopic (exact) mass is 226 g/mol. The molecule has 3 nitrogen and oxygen atoms in total. The van der Waals surface area contributed by atoms with Crippen LogP contribution in [-0.2, 0) is 9.53 Å². The molecular weight excluding hydrogens is 213 g/mol. The summed E-state index contributed by atoms with van der Waals surface area (Å²) in [6, 6.07) is 0. The Hall–Kier alpha value is -0.780. The van der Waals surface area contributed by atoms with Gasteiger partial charge in [-0.05, 0) is 19.3 Å². The number of aliphatic carboxylic acids is 1. The summed E-state index contributed by atoms with van der Waals surface area (Å²) in [6.45, 7) is 0.346. The number of carboxylic acid groups (broad SMARTS) is 1. The Morgan fingerprint density at radius 1 is 1.47 bits per heavy atom. The number of ether oxygens (including phenoxy) is 1. The Bertz CT molecular complexity index is 231. The van der Waals surface area contributed by atoms with Gasteiger partial charge in [0, 0.05) is 13.0 Å². The molecular formula is C9H13F3O3. The third-order valence-electron chi connectivity index (χ3n) is 2.67. The molecule has 0 aromatic heterocycles. The molecule has 0 bridgehead atoms. The van der Waals surface area contributed by atoms with Crippen molar-refractivity contribution in [2.24, 2.45) is 5.41 Å². The third-order valence-corrected chi connectivity index (χ3v) is 2.67. The lowest BCUT2D eigenvalue weighted by Crippen LogP contribution is -2.31. The second-order valence-electron chi connectivity index (χ2n) is 3.86. The number of carbonyl (C=O) groups is 1. The van der Waals surface area contributed by atoms with Gasteiger partial charge in [-0.15, -0.1) is 0 Å². The van der Waals surface area contributed by atoms with Crippen LogP contribution in [0, 0.1) is 5.41 Å². The predicted molar refractivity (Wildman–Crippen MR) is 45.4 cm³/mol.